The number of rotatable bonds is 3. The third-order valence-electron chi connectivity index (χ3n) is 2.63. The molecule has 1 heterocycles. The second-order valence-electron chi connectivity index (χ2n) is 3.65. The molecule has 0 bridgehead atoms. The number of hydrogen-bond donors (Lipinski definition) is 2. The van der Waals surface area contributed by atoms with Crippen molar-refractivity contribution in [2.75, 3.05) is 33.3 Å². The molecule has 1 aliphatic rings. The molecule has 0 aromatic heterocycles. The largest absolute Gasteiger partial charge is 0.395 e. The van der Waals surface area contributed by atoms with E-state index in [1.54, 1.807) is 0 Å². The lowest BCUT2D eigenvalue weighted by molar-refractivity contribution is 0.184. The van der Waals surface area contributed by atoms with Crippen LogP contribution >= 0.6 is 0 Å². The minimum atomic E-state index is -0.394. The van der Waals surface area contributed by atoms with Gasteiger partial charge >= 0.3 is 0 Å². The van der Waals surface area contributed by atoms with E-state index in [2.05, 4.69) is 23.3 Å². The van der Waals surface area contributed by atoms with E-state index in [4.69, 9.17) is 10.4 Å². The van der Waals surface area contributed by atoms with Gasteiger partial charge < -0.3 is 10.0 Å². The Balaban J connectivity index is 2.46. The van der Waals surface area contributed by atoms with Crippen molar-refractivity contribution in [3.05, 3.63) is 0 Å². The van der Waals surface area contributed by atoms with Crippen LogP contribution in [-0.2, 0) is 0 Å². The fourth-order valence-corrected chi connectivity index (χ4v) is 1.62. The van der Waals surface area contributed by atoms with Crippen molar-refractivity contribution in [1.82, 2.24) is 10.2 Å². The molecule has 13 heavy (non-hydrogen) atoms. The van der Waals surface area contributed by atoms with Gasteiger partial charge in [-0.25, -0.2) is 0 Å². The van der Waals surface area contributed by atoms with Crippen LogP contribution < -0.4 is 5.32 Å². The Morgan fingerprint density at radius 3 is 2.62 bits per heavy atom. The van der Waals surface area contributed by atoms with Crippen LogP contribution in [0.25, 0.3) is 0 Å². The van der Waals surface area contributed by atoms with Crippen LogP contribution in [0.3, 0.4) is 0 Å². The molecule has 1 aliphatic heterocycles. The van der Waals surface area contributed by atoms with E-state index in [0.717, 1.165) is 25.9 Å². The average Bonchev–Trinajstić information content (AvgIpc) is 2.18. The second-order valence-corrected chi connectivity index (χ2v) is 3.65. The Hall–Kier alpha value is -0.630. The fraction of sp³-hybridized carbons (Fsp3) is 0.889. The highest BCUT2D eigenvalue weighted by Crippen LogP contribution is 2.20. The molecule has 0 unspecified atom stereocenters. The number of aliphatic hydroxyl groups is 1. The number of hydrogen-bond acceptors (Lipinski definition) is 4. The molecule has 0 atom stereocenters. The van der Waals surface area contributed by atoms with Crippen molar-refractivity contribution in [2.45, 2.75) is 18.4 Å². The van der Waals surface area contributed by atoms with Crippen molar-refractivity contribution in [3.8, 4) is 6.07 Å². The molecule has 74 valence electrons. The summed E-state index contributed by atoms with van der Waals surface area (Å²) >= 11 is 0. The predicted octanol–water partition coefficient (Wildman–Crippen LogP) is -0.444. The van der Waals surface area contributed by atoms with Crippen LogP contribution in [0.4, 0.5) is 0 Å². The number of nitrogens with one attached hydrogen (secondary N) is 1. The third kappa shape index (κ3) is 2.66. The number of piperidine rings is 1. The summed E-state index contributed by atoms with van der Waals surface area (Å²) in [5, 5.41) is 20.8. The first-order chi connectivity index (χ1) is 6.22. The molecule has 0 aromatic carbocycles. The minimum absolute atomic E-state index is 0.0965. The van der Waals surface area contributed by atoms with Crippen molar-refractivity contribution in [2.24, 2.45) is 0 Å². The van der Waals surface area contributed by atoms with Gasteiger partial charge in [-0.3, -0.25) is 5.32 Å². The molecule has 1 saturated heterocycles. The van der Waals surface area contributed by atoms with E-state index in [9.17, 15) is 0 Å². The summed E-state index contributed by atoms with van der Waals surface area (Å²) in [5.74, 6) is 0. The zero-order chi connectivity index (χ0) is 9.73. The van der Waals surface area contributed by atoms with Gasteiger partial charge in [-0.15, -0.1) is 0 Å². The number of likely N-dealkylation sites (tertiary alicyclic amines) is 1. The summed E-state index contributed by atoms with van der Waals surface area (Å²) < 4.78 is 0. The van der Waals surface area contributed by atoms with Crippen molar-refractivity contribution < 1.29 is 5.11 Å². The zero-order valence-corrected chi connectivity index (χ0v) is 8.08. The molecule has 2 N–H and O–H groups in total. The van der Waals surface area contributed by atoms with Gasteiger partial charge in [0.2, 0.25) is 0 Å². The van der Waals surface area contributed by atoms with Gasteiger partial charge in [0.1, 0.15) is 5.54 Å². The first-order valence-electron chi connectivity index (χ1n) is 4.68. The summed E-state index contributed by atoms with van der Waals surface area (Å²) in [6, 6.07) is 2.32. The number of β-amino-alcohol motifs (C(OH)–C–C–N with tert-alkyl or cyclic N) is 1. The van der Waals surface area contributed by atoms with Gasteiger partial charge in [-0.1, -0.05) is 0 Å². The molecular formula is C9H17N3O. The van der Waals surface area contributed by atoms with Crippen LogP contribution in [0, 0.1) is 11.3 Å². The van der Waals surface area contributed by atoms with Crippen LogP contribution in [0.2, 0.25) is 0 Å². The third-order valence-corrected chi connectivity index (χ3v) is 2.63. The van der Waals surface area contributed by atoms with E-state index >= 15 is 0 Å². The Morgan fingerprint density at radius 1 is 1.54 bits per heavy atom. The predicted molar refractivity (Wildman–Crippen MR) is 50.2 cm³/mol. The van der Waals surface area contributed by atoms with Gasteiger partial charge in [0.15, 0.2) is 0 Å². The fourth-order valence-electron chi connectivity index (χ4n) is 1.62. The maximum absolute atomic E-state index is 9.04. The molecule has 1 rings (SSSR count). The van der Waals surface area contributed by atoms with E-state index < -0.39 is 5.54 Å². The SMILES string of the molecule is CN1CCC(C#N)(NCCO)CC1. The minimum Gasteiger partial charge on any atom is -0.395 e. The Labute approximate surface area is 79.1 Å². The lowest BCUT2D eigenvalue weighted by Crippen LogP contribution is -2.52. The lowest BCUT2D eigenvalue weighted by Gasteiger charge is -2.36. The van der Waals surface area contributed by atoms with Crippen molar-refractivity contribution in [3.63, 3.8) is 0 Å². The first-order valence-corrected chi connectivity index (χ1v) is 4.68. The Bertz CT molecular complexity index is 186. The summed E-state index contributed by atoms with van der Waals surface area (Å²) in [5.41, 5.74) is -0.394. The Kier molecular flexibility index (Phi) is 3.67. The normalized spacial score (nSPS) is 22.5. The maximum atomic E-state index is 9.04. The molecule has 4 heteroatoms. The number of aliphatic hydroxyl groups excluding tert-OH is 1. The molecule has 0 amide bonds. The maximum Gasteiger partial charge on any atom is 0.109 e. The van der Waals surface area contributed by atoms with Crippen molar-refractivity contribution >= 4 is 0 Å². The van der Waals surface area contributed by atoms with Gasteiger partial charge in [0.05, 0.1) is 12.7 Å². The second kappa shape index (κ2) is 4.56. The summed E-state index contributed by atoms with van der Waals surface area (Å²) in [7, 11) is 2.06. The Morgan fingerprint density at radius 2 is 2.15 bits per heavy atom. The summed E-state index contributed by atoms with van der Waals surface area (Å²) in [4.78, 5) is 2.22. The molecule has 0 aromatic rings. The monoisotopic (exact) mass is 183 g/mol. The molecule has 1 fully saturated rings. The highest BCUT2D eigenvalue weighted by atomic mass is 16.3. The van der Waals surface area contributed by atoms with E-state index in [-0.39, 0.29) is 6.61 Å². The topological polar surface area (TPSA) is 59.3 Å². The number of nitrogens with zero attached hydrogens (tertiary/aromatic N) is 2. The summed E-state index contributed by atoms with van der Waals surface area (Å²) in [6.45, 7) is 2.51. The van der Waals surface area contributed by atoms with Gasteiger partial charge in [0.25, 0.3) is 0 Å². The molecule has 0 spiro atoms. The standard InChI is InChI=1S/C9H17N3O/c1-12-5-2-9(8-10,3-6-12)11-4-7-13/h11,13H,2-7H2,1H3. The average molecular weight is 183 g/mol. The molecular weight excluding hydrogens is 166 g/mol. The van der Waals surface area contributed by atoms with Crippen LogP contribution in [0.1, 0.15) is 12.8 Å². The van der Waals surface area contributed by atoms with E-state index in [1.165, 1.54) is 0 Å². The van der Waals surface area contributed by atoms with Crippen molar-refractivity contribution in [1.29, 1.82) is 5.26 Å². The quantitative estimate of drug-likeness (QED) is 0.622. The molecule has 0 radical (unpaired) electrons. The van der Waals surface area contributed by atoms with Crippen LogP contribution in [0.15, 0.2) is 0 Å². The lowest BCUT2D eigenvalue weighted by atomic mass is 9.89. The smallest absolute Gasteiger partial charge is 0.109 e. The number of nitriles is 1. The van der Waals surface area contributed by atoms with Crippen LogP contribution in [0.5, 0.6) is 0 Å². The van der Waals surface area contributed by atoms with E-state index in [0.29, 0.717) is 6.54 Å². The molecule has 0 saturated carbocycles. The summed E-state index contributed by atoms with van der Waals surface area (Å²) in [6.07, 6.45) is 1.69. The van der Waals surface area contributed by atoms with Gasteiger partial charge in [0, 0.05) is 19.6 Å². The first kappa shape index (κ1) is 10.5. The molecule has 4 nitrogen and oxygen atoms in total. The highest BCUT2D eigenvalue weighted by Gasteiger charge is 2.32. The highest BCUT2D eigenvalue weighted by molar-refractivity contribution is 5.09. The van der Waals surface area contributed by atoms with Gasteiger partial charge in [-0.2, -0.15) is 5.26 Å². The van der Waals surface area contributed by atoms with Gasteiger partial charge in [-0.05, 0) is 19.9 Å². The van der Waals surface area contributed by atoms with Crippen LogP contribution in [-0.4, -0.2) is 48.8 Å². The zero-order valence-electron chi connectivity index (χ0n) is 8.08. The van der Waals surface area contributed by atoms with E-state index in [1.807, 2.05) is 0 Å². The molecule has 0 aliphatic carbocycles.